The Morgan fingerprint density at radius 1 is 1.42 bits per heavy atom. The van der Waals surface area contributed by atoms with Crippen molar-refractivity contribution in [3.8, 4) is 11.1 Å². The Morgan fingerprint density at radius 2 is 2.26 bits per heavy atom. The number of hydrogen-bond donors (Lipinski definition) is 2. The number of nitrogens with two attached hydrogens (primary N) is 1. The van der Waals surface area contributed by atoms with E-state index in [4.69, 9.17) is 15.2 Å². The summed E-state index contributed by atoms with van der Waals surface area (Å²) in [5.41, 5.74) is 8.86. The SMILES string of the molecule is CC1(C)OCC(c2cccc(-c3cn[nH]c3N)c2)O1. The van der Waals surface area contributed by atoms with Gasteiger partial charge in [-0.1, -0.05) is 18.2 Å². The molecule has 0 spiro atoms. The van der Waals surface area contributed by atoms with E-state index < -0.39 is 5.79 Å². The van der Waals surface area contributed by atoms with Gasteiger partial charge in [-0.25, -0.2) is 0 Å². The molecule has 0 bridgehead atoms. The zero-order valence-corrected chi connectivity index (χ0v) is 11.0. The maximum atomic E-state index is 5.86. The molecular formula is C14H17N3O2. The summed E-state index contributed by atoms with van der Waals surface area (Å²) < 4.78 is 11.5. The third-order valence-electron chi connectivity index (χ3n) is 3.25. The number of H-pyrrole nitrogens is 1. The molecule has 1 unspecified atom stereocenters. The standard InChI is InChI=1S/C14H17N3O2/c1-14(2)18-8-12(19-14)10-5-3-4-9(6-10)11-7-16-17-13(11)15/h3-7,12H,8H2,1-2H3,(H3,15,16,17). The zero-order chi connectivity index (χ0) is 13.5. The molecule has 1 atom stereocenters. The molecular weight excluding hydrogens is 242 g/mol. The molecule has 100 valence electrons. The van der Waals surface area contributed by atoms with E-state index in [1.165, 1.54) is 0 Å². The van der Waals surface area contributed by atoms with Crippen LogP contribution in [-0.4, -0.2) is 22.6 Å². The van der Waals surface area contributed by atoms with Crippen LogP contribution in [0.25, 0.3) is 11.1 Å². The number of aromatic amines is 1. The van der Waals surface area contributed by atoms with Gasteiger partial charge in [-0.15, -0.1) is 0 Å². The first-order valence-electron chi connectivity index (χ1n) is 6.26. The third kappa shape index (κ3) is 2.34. The van der Waals surface area contributed by atoms with Gasteiger partial charge in [0.1, 0.15) is 11.9 Å². The second-order valence-electron chi connectivity index (χ2n) is 5.14. The van der Waals surface area contributed by atoms with Crippen molar-refractivity contribution >= 4 is 5.82 Å². The highest BCUT2D eigenvalue weighted by Crippen LogP contribution is 2.34. The molecule has 1 saturated heterocycles. The first-order chi connectivity index (χ1) is 9.05. The van der Waals surface area contributed by atoms with E-state index in [9.17, 15) is 0 Å². The molecule has 0 radical (unpaired) electrons. The van der Waals surface area contributed by atoms with Crippen LogP contribution in [-0.2, 0) is 9.47 Å². The Balaban J connectivity index is 1.91. The van der Waals surface area contributed by atoms with Crippen LogP contribution in [0.3, 0.4) is 0 Å². The molecule has 1 aromatic carbocycles. The van der Waals surface area contributed by atoms with E-state index in [1.807, 2.05) is 32.0 Å². The summed E-state index contributed by atoms with van der Waals surface area (Å²) in [7, 11) is 0. The lowest BCUT2D eigenvalue weighted by atomic mass is 10.0. The Labute approximate surface area is 111 Å². The first kappa shape index (κ1) is 12.2. The second kappa shape index (κ2) is 4.36. The molecule has 2 aromatic rings. The number of nitrogens with zero attached hydrogens (tertiary/aromatic N) is 1. The maximum absolute atomic E-state index is 5.86. The largest absolute Gasteiger partial charge is 0.384 e. The van der Waals surface area contributed by atoms with Crippen molar-refractivity contribution < 1.29 is 9.47 Å². The number of hydrogen-bond acceptors (Lipinski definition) is 4. The van der Waals surface area contributed by atoms with Gasteiger partial charge in [-0.2, -0.15) is 5.10 Å². The van der Waals surface area contributed by atoms with E-state index in [-0.39, 0.29) is 6.10 Å². The molecule has 5 heteroatoms. The Morgan fingerprint density at radius 3 is 2.89 bits per heavy atom. The Hall–Kier alpha value is -1.85. The van der Waals surface area contributed by atoms with Crippen molar-refractivity contribution in [1.82, 2.24) is 10.2 Å². The fraction of sp³-hybridized carbons (Fsp3) is 0.357. The summed E-state index contributed by atoms with van der Waals surface area (Å²) in [4.78, 5) is 0. The maximum Gasteiger partial charge on any atom is 0.163 e. The van der Waals surface area contributed by atoms with Gasteiger partial charge >= 0.3 is 0 Å². The van der Waals surface area contributed by atoms with Crippen LogP contribution >= 0.6 is 0 Å². The molecule has 3 rings (SSSR count). The van der Waals surface area contributed by atoms with Gasteiger partial charge in [0.25, 0.3) is 0 Å². The highest BCUT2D eigenvalue weighted by atomic mass is 16.7. The van der Waals surface area contributed by atoms with Crippen LogP contribution in [0.5, 0.6) is 0 Å². The summed E-state index contributed by atoms with van der Waals surface area (Å²) in [6.07, 6.45) is 1.69. The smallest absolute Gasteiger partial charge is 0.163 e. The third-order valence-corrected chi connectivity index (χ3v) is 3.25. The highest BCUT2D eigenvalue weighted by molar-refractivity contribution is 5.73. The fourth-order valence-corrected chi connectivity index (χ4v) is 2.28. The van der Waals surface area contributed by atoms with Crippen LogP contribution in [0, 0.1) is 0 Å². The fourth-order valence-electron chi connectivity index (χ4n) is 2.28. The number of anilines is 1. The van der Waals surface area contributed by atoms with Crippen molar-refractivity contribution in [3.63, 3.8) is 0 Å². The predicted molar refractivity (Wildman–Crippen MR) is 72.3 cm³/mol. The number of nitrogen functional groups attached to an aromatic ring is 1. The van der Waals surface area contributed by atoms with Crippen molar-refractivity contribution in [2.75, 3.05) is 12.3 Å². The molecule has 19 heavy (non-hydrogen) atoms. The lowest BCUT2D eigenvalue weighted by molar-refractivity contribution is -0.139. The van der Waals surface area contributed by atoms with Crippen molar-refractivity contribution in [2.24, 2.45) is 0 Å². The van der Waals surface area contributed by atoms with E-state index in [0.29, 0.717) is 12.4 Å². The van der Waals surface area contributed by atoms with Crippen LogP contribution in [0.1, 0.15) is 25.5 Å². The molecule has 5 nitrogen and oxygen atoms in total. The first-order valence-corrected chi connectivity index (χ1v) is 6.26. The van der Waals surface area contributed by atoms with Crippen LogP contribution in [0.2, 0.25) is 0 Å². The molecule has 1 aliphatic heterocycles. The van der Waals surface area contributed by atoms with Gasteiger partial charge in [0.2, 0.25) is 0 Å². The number of benzene rings is 1. The van der Waals surface area contributed by atoms with Crippen LogP contribution in [0.4, 0.5) is 5.82 Å². The summed E-state index contributed by atoms with van der Waals surface area (Å²) in [5.74, 6) is 0.0519. The van der Waals surface area contributed by atoms with Crippen LogP contribution < -0.4 is 5.73 Å². The average molecular weight is 259 g/mol. The van der Waals surface area contributed by atoms with E-state index >= 15 is 0 Å². The summed E-state index contributed by atoms with van der Waals surface area (Å²) in [6.45, 7) is 4.41. The number of rotatable bonds is 2. The second-order valence-corrected chi connectivity index (χ2v) is 5.14. The molecule has 3 N–H and O–H groups in total. The zero-order valence-electron chi connectivity index (χ0n) is 11.0. The van der Waals surface area contributed by atoms with Gasteiger partial charge in [-0.05, 0) is 31.0 Å². The highest BCUT2D eigenvalue weighted by Gasteiger charge is 2.33. The predicted octanol–water partition coefficient (Wildman–Crippen LogP) is 2.48. The minimum atomic E-state index is -0.519. The minimum Gasteiger partial charge on any atom is -0.384 e. The molecule has 0 aliphatic carbocycles. The quantitative estimate of drug-likeness (QED) is 0.869. The van der Waals surface area contributed by atoms with Crippen LogP contribution in [0.15, 0.2) is 30.5 Å². The number of aromatic nitrogens is 2. The normalized spacial score (nSPS) is 21.7. The Bertz CT molecular complexity index is 592. The molecule has 2 heterocycles. The molecule has 1 aromatic heterocycles. The number of ether oxygens (including phenoxy) is 2. The van der Waals surface area contributed by atoms with Gasteiger partial charge < -0.3 is 15.2 Å². The van der Waals surface area contributed by atoms with Gasteiger partial charge in [0, 0.05) is 5.56 Å². The molecule has 1 fully saturated rings. The average Bonchev–Trinajstić information content (AvgIpc) is 2.95. The minimum absolute atomic E-state index is 0.0388. The Kier molecular flexibility index (Phi) is 2.80. The van der Waals surface area contributed by atoms with Gasteiger partial charge in [0.05, 0.1) is 12.8 Å². The molecule has 1 aliphatic rings. The van der Waals surface area contributed by atoms with E-state index in [1.54, 1.807) is 6.20 Å². The van der Waals surface area contributed by atoms with Crippen molar-refractivity contribution in [3.05, 3.63) is 36.0 Å². The topological polar surface area (TPSA) is 73.2 Å². The summed E-state index contributed by atoms with van der Waals surface area (Å²) in [5, 5.41) is 6.68. The van der Waals surface area contributed by atoms with Gasteiger partial charge in [-0.3, -0.25) is 5.10 Å². The van der Waals surface area contributed by atoms with Crippen molar-refractivity contribution in [1.29, 1.82) is 0 Å². The molecule has 0 amide bonds. The van der Waals surface area contributed by atoms with E-state index in [0.717, 1.165) is 16.7 Å². The molecule has 0 saturated carbocycles. The van der Waals surface area contributed by atoms with E-state index in [2.05, 4.69) is 16.3 Å². The van der Waals surface area contributed by atoms with Crippen molar-refractivity contribution in [2.45, 2.75) is 25.7 Å². The number of nitrogens with one attached hydrogen (secondary N) is 1. The van der Waals surface area contributed by atoms with Gasteiger partial charge in [0.15, 0.2) is 5.79 Å². The lowest BCUT2D eigenvalue weighted by Gasteiger charge is -2.17. The lowest BCUT2D eigenvalue weighted by Crippen LogP contribution is -2.19. The monoisotopic (exact) mass is 259 g/mol. The summed E-state index contributed by atoms with van der Waals surface area (Å²) >= 11 is 0. The summed E-state index contributed by atoms with van der Waals surface area (Å²) in [6, 6.07) is 8.10.